The molecule has 1 aliphatic rings. The molecule has 2 rings (SSSR count). The minimum absolute atomic E-state index is 0.00350. The van der Waals surface area contributed by atoms with Crippen LogP contribution in [0.15, 0.2) is 12.1 Å². The summed E-state index contributed by atoms with van der Waals surface area (Å²) in [5, 5.41) is 2.56. The van der Waals surface area contributed by atoms with Crippen LogP contribution in [-0.2, 0) is 9.59 Å². The molecule has 0 saturated carbocycles. The number of amides is 2. The third kappa shape index (κ3) is 2.38. The molecule has 0 atom stereocenters. The van der Waals surface area contributed by atoms with Crippen molar-refractivity contribution in [2.45, 2.75) is 13.3 Å². The van der Waals surface area contributed by atoms with Crippen molar-refractivity contribution in [1.29, 1.82) is 0 Å². The quantitative estimate of drug-likeness (QED) is 0.857. The van der Waals surface area contributed by atoms with Crippen molar-refractivity contribution in [2.75, 3.05) is 18.0 Å². The van der Waals surface area contributed by atoms with Crippen LogP contribution in [0.3, 0.4) is 0 Å². The predicted octanol–water partition coefficient (Wildman–Crippen LogP) is 1.53. The topological polar surface area (TPSA) is 66.5 Å². The summed E-state index contributed by atoms with van der Waals surface area (Å²) in [6.07, 6.45) is 0.732. The predicted molar refractivity (Wildman–Crippen MR) is 71.4 cm³/mol. The molecule has 0 fully saturated rings. The third-order valence-corrected chi connectivity index (χ3v) is 3.20. The number of hydrogen-bond donors (Lipinski definition) is 1. The number of rotatable bonds is 4. The van der Waals surface area contributed by atoms with Crippen LogP contribution in [0.5, 0.6) is 0 Å². The maximum atomic E-state index is 13.8. The molecule has 1 aromatic rings. The van der Waals surface area contributed by atoms with E-state index in [9.17, 15) is 18.8 Å². The summed E-state index contributed by atoms with van der Waals surface area (Å²) in [5.41, 5.74) is -0.404. The molecule has 1 N–H and O–H groups in total. The van der Waals surface area contributed by atoms with Gasteiger partial charge in [-0.3, -0.25) is 19.3 Å². The third-order valence-electron chi connectivity index (χ3n) is 2.89. The number of hydrogen-bond acceptors (Lipinski definition) is 3. The van der Waals surface area contributed by atoms with E-state index in [-0.39, 0.29) is 16.3 Å². The monoisotopic (exact) mass is 298 g/mol. The van der Waals surface area contributed by atoms with Crippen molar-refractivity contribution in [2.24, 2.45) is 0 Å². The van der Waals surface area contributed by atoms with Gasteiger partial charge in [-0.1, -0.05) is 18.5 Å². The van der Waals surface area contributed by atoms with Gasteiger partial charge in [-0.15, -0.1) is 0 Å². The molecule has 0 aliphatic carbocycles. The zero-order valence-corrected chi connectivity index (χ0v) is 11.5. The molecule has 0 aromatic heterocycles. The van der Waals surface area contributed by atoms with Crippen molar-refractivity contribution in [1.82, 2.24) is 5.32 Å². The Morgan fingerprint density at radius 3 is 2.75 bits per heavy atom. The van der Waals surface area contributed by atoms with Crippen LogP contribution in [0, 0.1) is 5.82 Å². The first-order valence-electron chi connectivity index (χ1n) is 6.08. The van der Waals surface area contributed by atoms with E-state index >= 15 is 0 Å². The summed E-state index contributed by atoms with van der Waals surface area (Å²) in [6, 6.07) is 2.27. The van der Waals surface area contributed by atoms with Crippen LogP contribution in [0.1, 0.15) is 23.7 Å². The zero-order chi connectivity index (χ0) is 14.9. The Bertz CT molecular complexity index is 604. The maximum absolute atomic E-state index is 13.8. The Morgan fingerprint density at radius 1 is 1.40 bits per heavy atom. The number of ketones is 1. The number of anilines is 1. The van der Waals surface area contributed by atoms with Crippen molar-refractivity contribution < 1.29 is 18.8 Å². The minimum atomic E-state index is -0.946. The number of nitrogens with zero attached hydrogens (tertiary/aromatic N) is 1. The van der Waals surface area contributed by atoms with Crippen LogP contribution in [0.4, 0.5) is 10.1 Å². The largest absolute Gasteiger partial charge is 0.355 e. The highest BCUT2D eigenvalue weighted by Gasteiger charge is 2.40. The van der Waals surface area contributed by atoms with Gasteiger partial charge in [-0.25, -0.2) is 4.39 Å². The second-order valence-corrected chi connectivity index (χ2v) is 4.73. The Labute approximate surface area is 119 Å². The molecule has 1 aromatic carbocycles. The van der Waals surface area contributed by atoms with E-state index in [1.165, 1.54) is 6.07 Å². The summed E-state index contributed by atoms with van der Waals surface area (Å²) in [5.74, 6) is -3.06. The lowest BCUT2D eigenvalue weighted by molar-refractivity contribution is -0.122. The zero-order valence-electron chi connectivity index (χ0n) is 10.7. The molecule has 0 unspecified atom stereocenters. The van der Waals surface area contributed by atoms with E-state index in [2.05, 4.69) is 5.32 Å². The van der Waals surface area contributed by atoms with E-state index in [4.69, 9.17) is 11.6 Å². The van der Waals surface area contributed by atoms with E-state index in [1.54, 1.807) is 0 Å². The number of carbonyl (C=O) groups is 3. The molecule has 7 heteroatoms. The van der Waals surface area contributed by atoms with E-state index in [0.717, 1.165) is 17.4 Å². The molecular weight excluding hydrogens is 287 g/mol. The molecule has 0 radical (unpaired) electrons. The first-order valence-corrected chi connectivity index (χ1v) is 6.46. The molecular formula is C13H12ClFN2O3. The van der Waals surface area contributed by atoms with E-state index in [1.807, 2.05) is 6.92 Å². The molecule has 5 nitrogen and oxygen atoms in total. The summed E-state index contributed by atoms with van der Waals surface area (Å²) < 4.78 is 13.8. The number of halogens is 2. The Hall–Kier alpha value is -1.95. The Balaban J connectivity index is 2.34. The van der Waals surface area contributed by atoms with Gasteiger partial charge >= 0.3 is 0 Å². The van der Waals surface area contributed by atoms with Gasteiger partial charge in [0.05, 0.1) is 16.3 Å². The number of carbonyl (C=O) groups excluding carboxylic acids is 3. The fraction of sp³-hybridized carbons (Fsp3) is 0.308. The fourth-order valence-electron chi connectivity index (χ4n) is 1.97. The van der Waals surface area contributed by atoms with Crippen molar-refractivity contribution in [3.63, 3.8) is 0 Å². The second-order valence-electron chi connectivity index (χ2n) is 4.32. The van der Waals surface area contributed by atoms with Gasteiger partial charge in [0.25, 0.3) is 11.7 Å². The van der Waals surface area contributed by atoms with Gasteiger partial charge in [-0.05, 0) is 18.6 Å². The number of Topliss-reactive ketones (excluding diaryl/α,β-unsaturated/α-hetero) is 1. The molecule has 0 saturated heterocycles. The lowest BCUT2D eigenvalue weighted by atomic mass is 10.1. The second kappa shape index (κ2) is 5.58. The van der Waals surface area contributed by atoms with E-state index in [0.29, 0.717) is 6.54 Å². The molecule has 2 amide bonds. The fourth-order valence-corrected chi connectivity index (χ4v) is 2.21. The van der Waals surface area contributed by atoms with Crippen LogP contribution >= 0.6 is 11.6 Å². The SMILES string of the molecule is CCCNC(=O)CN1C(=O)C(=O)c2c(Cl)ccc(F)c21. The lowest BCUT2D eigenvalue weighted by Crippen LogP contribution is -2.40. The molecule has 0 bridgehead atoms. The summed E-state index contributed by atoms with van der Waals surface area (Å²) >= 11 is 5.82. The van der Waals surface area contributed by atoms with Crippen LogP contribution in [0.25, 0.3) is 0 Å². The lowest BCUT2D eigenvalue weighted by Gasteiger charge is -2.16. The van der Waals surface area contributed by atoms with Gasteiger partial charge in [0.1, 0.15) is 12.4 Å². The van der Waals surface area contributed by atoms with Crippen LogP contribution in [-0.4, -0.2) is 30.7 Å². The average Bonchev–Trinajstić information content (AvgIpc) is 2.67. The van der Waals surface area contributed by atoms with Crippen LogP contribution < -0.4 is 10.2 Å². The first-order chi connectivity index (χ1) is 9.47. The first kappa shape index (κ1) is 14.5. The van der Waals surface area contributed by atoms with Gasteiger partial charge < -0.3 is 5.32 Å². The smallest absolute Gasteiger partial charge is 0.300 e. The standard InChI is InChI=1S/C13H12ClFN2O3/c1-2-5-16-9(18)6-17-11-8(15)4-3-7(14)10(11)12(19)13(17)20/h3-4H,2,5-6H2,1H3,(H,16,18). The highest BCUT2D eigenvalue weighted by molar-refractivity contribution is 6.55. The van der Waals surface area contributed by atoms with Crippen molar-refractivity contribution in [3.8, 4) is 0 Å². The van der Waals surface area contributed by atoms with Gasteiger partial charge in [0.2, 0.25) is 5.91 Å². The Morgan fingerprint density at radius 2 is 2.10 bits per heavy atom. The van der Waals surface area contributed by atoms with E-state index < -0.39 is 30.0 Å². The molecule has 20 heavy (non-hydrogen) atoms. The minimum Gasteiger partial charge on any atom is -0.355 e. The van der Waals surface area contributed by atoms with Gasteiger partial charge in [0, 0.05) is 6.54 Å². The Kier molecular flexibility index (Phi) is 4.04. The normalized spacial score (nSPS) is 13.7. The summed E-state index contributed by atoms with van der Waals surface area (Å²) in [6.45, 7) is 1.91. The number of fused-ring (bicyclic) bond motifs is 1. The van der Waals surface area contributed by atoms with Gasteiger partial charge in [0.15, 0.2) is 0 Å². The highest BCUT2D eigenvalue weighted by atomic mass is 35.5. The van der Waals surface area contributed by atoms with Crippen molar-refractivity contribution in [3.05, 3.63) is 28.5 Å². The molecule has 1 heterocycles. The number of benzene rings is 1. The summed E-state index contributed by atoms with van der Waals surface area (Å²) in [4.78, 5) is 36.1. The van der Waals surface area contributed by atoms with Gasteiger partial charge in [-0.2, -0.15) is 0 Å². The maximum Gasteiger partial charge on any atom is 0.300 e. The number of nitrogens with one attached hydrogen (secondary N) is 1. The van der Waals surface area contributed by atoms with Crippen LogP contribution in [0.2, 0.25) is 5.02 Å². The summed E-state index contributed by atoms with van der Waals surface area (Å²) in [7, 11) is 0. The highest BCUT2D eigenvalue weighted by Crippen LogP contribution is 2.36. The van der Waals surface area contributed by atoms with Crippen molar-refractivity contribution >= 4 is 34.9 Å². The molecule has 106 valence electrons. The average molecular weight is 299 g/mol. The molecule has 0 spiro atoms. The molecule has 1 aliphatic heterocycles.